The van der Waals surface area contributed by atoms with Crippen LogP contribution in [0.3, 0.4) is 0 Å². The standard InChI is InChI=1S/C13H20N2O4S/c1-15-5-6-19-11(8-15)9-20(16,17)13-7-10(18-2)3-4-12(13)14/h3-4,7,11H,5-6,8-9,14H2,1-2H3. The molecular formula is C13H20N2O4S. The zero-order chi connectivity index (χ0) is 14.8. The quantitative estimate of drug-likeness (QED) is 0.810. The number of benzene rings is 1. The Hall–Kier alpha value is -1.31. The van der Waals surface area contributed by atoms with Crippen molar-refractivity contribution in [1.29, 1.82) is 0 Å². The maximum absolute atomic E-state index is 12.5. The molecule has 20 heavy (non-hydrogen) atoms. The van der Waals surface area contributed by atoms with Crippen LogP contribution in [0.1, 0.15) is 0 Å². The number of anilines is 1. The van der Waals surface area contributed by atoms with Crippen LogP contribution in [-0.4, -0.2) is 59.0 Å². The van der Waals surface area contributed by atoms with Gasteiger partial charge in [0.25, 0.3) is 0 Å². The van der Waals surface area contributed by atoms with Gasteiger partial charge in [0.2, 0.25) is 0 Å². The summed E-state index contributed by atoms with van der Waals surface area (Å²) in [6.45, 7) is 1.96. The first kappa shape index (κ1) is 15.1. The molecule has 0 bridgehead atoms. The van der Waals surface area contributed by atoms with E-state index >= 15 is 0 Å². The van der Waals surface area contributed by atoms with Crippen molar-refractivity contribution in [3.63, 3.8) is 0 Å². The molecule has 1 aromatic rings. The van der Waals surface area contributed by atoms with Crippen LogP contribution in [0.25, 0.3) is 0 Å². The summed E-state index contributed by atoms with van der Waals surface area (Å²) in [5.74, 6) is 0.397. The predicted molar refractivity (Wildman–Crippen MR) is 76.7 cm³/mol. The maximum Gasteiger partial charge on any atom is 0.183 e. The van der Waals surface area contributed by atoms with E-state index in [1.54, 1.807) is 12.1 Å². The minimum Gasteiger partial charge on any atom is -0.497 e. The number of morpholine rings is 1. The van der Waals surface area contributed by atoms with Gasteiger partial charge in [-0.15, -0.1) is 0 Å². The van der Waals surface area contributed by atoms with Gasteiger partial charge in [0.15, 0.2) is 9.84 Å². The molecule has 1 atom stereocenters. The van der Waals surface area contributed by atoms with Crippen molar-refractivity contribution in [1.82, 2.24) is 4.90 Å². The number of ether oxygens (including phenoxy) is 2. The highest BCUT2D eigenvalue weighted by Crippen LogP contribution is 2.26. The molecule has 0 aliphatic carbocycles. The van der Waals surface area contributed by atoms with E-state index in [-0.39, 0.29) is 22.4 Å². The van der Waals surface area contributed by atoms with Crippen LogP contribution in [0.4, 0.5) is 5.69 Å². The first-order valence-electron chi connectivity index (χ1n) is 6.39. The number of nitrogens with two attached hydrogens (primary N) is 1. The highest BCUT2D eigenvalue weighted by Gasteiger charge is 2.27. The van der Waals surface area contributed by atoms with Gasteiger partial charge in [-0.25, -0.2) is 8.42 Å². The Morgan fingerprint density at radius 3 is 2.90 bits per heavy atom. The van der Waals surface area contributed by atoms with Crippen molar-refractivity contribution in [2.45, 2.75) is 11.0 Å². The number of nitrogens with zero attached hydrogens (tertiary/aromatic N) is 1. The highest BCUT2D eigenvalue weighted by molar-refractivity contribution is 7.91. The molecule has 0 radical (unpaired) electrons. The fourth-order valence-electron chi connectivity index (χ4n) is 2.21. The van der Waals surface area contributed by atoms with Crippen LogP contribution in [0.2, 0.25) is 0 Å². The zero-order valence-electron chi connectivity index (χ0n) is 11.7. The number of hydrogen-bond acceptors (Lipinski definition) is 6. The lowest BCUT2D eigenvalue weighted by molar-refractivity contribution is -0.00680. The van der Waals surface area contributed by atoms with E-state index in [0.29, 0.717) is 18.9 Å². The van der Waals surface area contributed by atoms with Crippen molar-refractivity contribution < 1.29 is 17.9 Å². The summed E-state index contributed by atoms with van der Waals surface area (Å²) < 4.78 is 35.5. The zero-order valence-corrected chi connectivity index (χ0v) is 12.5. The Labute approximate surface area is 119 Å². The number of nitrogen functional groups attached to an aromatic ring is 1. The van der Waals surface area contributed by atoms with Gasteiger partial charge in [-0.1, -0.05) is 0 Å². The van der Waals surface area contributed by atoms with E-state index in [1.165, 1.54) is 13.2 Å². The largest absolute Gasteiger partial charge is 0.497 e. The minimum absolute atomic E-state index is 0.0747. The smallest absolute Gasteiger partial charge is 0.183 e. The topological polar surface area (TPSA) is 81.9 Å². The molecule has 1 aromatic carbocycles. The molecule has 1 aliphatic rings. The molecule has 2 rings (SSSR count). The normalized spacial score (nSPS) is 20.8. The number of rotatable bonds is 4. The number of methoxy groups -OCH3 is 1. The second-order valence-electron chi connectivity index (χ2n) is 4.94. The van der Waals surface area contributed by atoms with Gasteiger partial charge in [-0.2, -0.15) is 0 Å². The van der Waals surface area contributed by atoms with Crippen LogP contribution >= 0.6 is 0 Å². The van der Waals surface area contributed by atoms with Gasteiger partial charge in [-0.05, 0) is 19.2 Å². The monoisotopic (exact) mass is 300 g/mol. The fraction of sp³-hybridized carbons (Fsp3) is 0.538. The second kappa shape index (κ2) is 5.99. The molecule has 2 N–H and O–H groups in total. The molecule has 1 aliphatic heterocycles. The van der Waals surface area contributed by atoms with Crippen LogP contribution < -0.4 is 10.5 Å². The van der Waals surface area contributed by atoms with E-state index in [1.807, 2.05) is 7.05 Å². The molecule has 0 spiro atoms. The average molecular weight is 300 g/mol. The molecule has 6 nitrogen and oxygen atoms in total. The molecular weight excluding hydrogens is 280 g/mol. The molecule has 7 heteroatoms. The molecule has 1 fully saturated rings. The second-order valence-corrected chi connectivity index (χ2v) is 6.94. The van der Waals surface area contributed by atoms with Gasteiger partial charge >= 0.3 is 0 Å². The van der Waals surface area contributed by atoms with E-state index in [0.717, 1.165) is 6.54 Å². The first-order valence-corrected chi connectivity index (χ1v) is 8.04. The molecule has 0 aromatic heterocycles. The summed E-state index contributed by atoms with van der Waals surface area (Å²) in [4.78, 5) is 2.16. The van der Waals surface area contributed by atoms with E-state index in [2.05, 4.69) is 4.90 Å². The third-order valence-corrected chi connectivity index (χ3v) is 5.14. The van der Waals surface area contributed by atoms with Crippen LogP contribution in [0, 0.1) is 0 Å². The van der Waals surface area contributed by atoms with E-state index < -0.39 is 9.84 Å². The Bertz CT molecular complexity index is 574. The van der Waals surface area contributed by atoms with Gasteiger partial charge in [0.05, 0.1) is 36.2 Å². The van der Waals surface area contributed by atoms with Gasteiger partial charge in [0.1, 0.15) is 5.75 Å². The minimum atomic E-state index is -3.50. The number of sulfone groups is 1. The third kappa shape index (κ3) is 3.41. The molecule has 112 valence electrons. The van der Waals surface area contributed by atoms with Crippen molar-refractivity contribution >= 4 is 15.5 Å². The lowest BCUT2D eigenvalue weighted by atomic mass is 10.3. The average Bonchev–Trinajstić information content (AvgIpc) is 2.38. The molecule has 0 saturated carbocycles. The summed E-state index contributed by atoms with van der Waals surface area (Å²) >= 11 is 0. The SMILES string of the molecule is COc1ccc(N)c(S(=O)(=O)CC2CN(C)CCO2)c1. The van der Waals surface area contributed by atoms with Crippen molar-refractivity contribution in [3.05, 3.63) is 18.2 Å². The van der Waals surface area contributed by atoms with E-state index in [9.17, 15) is 8.42 Å². The maximum atomic E-state index is 12.5. The Morgan fingerprint density at radius 2 is 2.25 bits per heavy atom. The third-order valence-electron chi connectivity index (χ3n) is 3.30. The molecule has 1 unspecified atom stereocenters. The number of likely N-dealkylation sites (N-methyl/N-ethyl adjacent to an activating group) is 1. The number of hydrogen-bond donors (Lipinski definition) is 1. The molecule has 1 saturated heterocycles. The van der Waals surface area contributed by atoms with E-state index in [4.69, 9.17) is 15.2 Å². The Balaban J connectivity index is 2.21. The lowest BCUT2D eigenvalue weighted by Crippen LogP contribution is -2.43. The van der Waals surface area contributed by atoms with Crippen LogP contribution in [-0.2, 0) is 14.6 Å². The highest BCUT2D eigenvalue weighted by atomic mass is 32.2. The fourth-order valence-corrected chi connectivity index (χ4v) is 3.81. The van der Waals surface area contributed by atoms with Gasteiger partial charge in [-0.3, -0.25) is 0 Å². The van der Waals surface area contributed by atoms with Crippen LogP contribution in [0.5, 0.6) is 5.75 Å². The summed E-state index contributed by atoms with van der Waals surface area (Å²) in [5.41, 5.74) is 6.01. The predicted octanol–water partition coefficient (Wildman–Crippen LogP) is 0.382. The van der Waals surface area contributed by atoms with Crippen molar-refractivity contribution in [2.24, 2.45) is 0 Å². The Kier molecular flexibility index (Phi) is 4.52. The first-order chi connectivity index (χ1) is 9.42. The summed E-state index contributed by atoms with van der Waals surface area (Å²) in [6, 6.07) is 4.63. The lowest BCUT2D eigenvalue weighted by Gasteiger charge is -2.29. The summed E-state index contributed by atoms with van der Waals surface area (Å²) in [7, 11) is -0.0696. The van der Waals surface area contributed by atoms with Crippen LogP contribution in [0.15, 0.2) is 23.1 Å². The summed E-state index contributed by atoms with van der Waals surface area (Å²) in [5, 5.41) is 0. The summed E-state index contributed by atoms with van der Waals surface area (Å²) in [6.07, 6.45) is -0.329. The molecule has 0 amide bonds. The van der Waals surface area contributed by atoms with Gasteiger partial charge in [0, 0.05) is 19.2 Å². The van der Waals surface area contributed by atoms with Gasteiger partial charge < -0.3 is 20.1 Å². The molecule has 1 heterocycles. The van der Waals surface area contributed by atoms with Crippen molar-refractivity contribution in [3.8, 4) is 5.75 Å². The Morgan fingerprint density at radius 1 is 1.50 bits per heavy atom. The van der Waals surface area contributed by atoms with Crippen molar-refractivity contribution in [2.75, 3.05) is 45.3 Å².